The highest BCUT2D eigenvalue weighted by Crippen LogP contribution is 2.28. The quantitative estimate of drug-likeness (QED) is 0.617. The molecule has 0 aliphatic carbocycles. The summed E-state index contributed by atoms with van der Waals surface area (Å²) in [6, 6.07) is 7.76. The van der Waals surface area contributed by atoms with Crippen LogP contribution in [0.3, 0.4) is 0 Å². The first-order chi connectivity index (χ1) is 14.2. The molecule has 3 aromatic rings. The molecule has 2 aliphatic heterocycles. The van der Waals surface area contributed by atoms with Gasteiger partial charge in [-0.1, -0.05) is 11.6 Å². The second-order valence-electron chi connectivity index (χ2n) is 7.93. The minimum Gasteiger partial charge on any atom is -0.355 e. The molecular formula is C22H23ClN4OS. The monoisotopic (exact) mass is 426 g/mol. The van der Waals surface area contributed by atoms with Gasteiger partial charge in [-0.05, 0) is 60.4 Å². The fourth-order valence-electron chi connectivity index (χ4n) is 4.33. The van der Waals surface area contributed by atoms with E-state index < -0.39 is 0 Å². The summed E-state index contributed by atoms with van der Waals surface area (Å²) in [4.78, 5) is 27.8. The number of piperidine rings is 1. The van der Waals surface area contributed by atoms with Gasteiger partial charge in [0.25, 0.3) is 0 Å². The molecule has 5 nitrogen and oxygen atoms in total. The van der Waals surface area contributed by atoms with Crippen molar-refractivity contribution in [3.8, 4) is 0 Å². The van der Waals surface area contributed by atoms with Gasteiger partial charge in [0.2, 0.25) is 5.91 Å². The minimum absolute atomic E-state index is 0.308. The first kappa shape index (κ1) is 18.8. The van der Waals surface area contributed by atoms with Crippen molar-refractivity contribution in [3.63, 3.8) is 0 Å². The van der Waals surface area contributed by atoms with E-state index in [1.165, 1.54) is 10.4 Å². The van der Waals surface area contributed by atoms with E-state index in [1.807, 2.05) is 40.6 Å². The number of fused-ring (bicyclic) bond motifs is 2. The van der Waals surface area contributed by atoms with Crippen LogP contribution in [0.1, 0.15) is 29.7 Å². The minimum atomic E-state index is 0.308. The van der Waals surface area contributed by atoms with Crippen LogP contribution in [0.25, 0.3) is 11.0 Å². The van der Waals surface area contributed by atoms with Crippen molar-refractivity contribution >= 4 is 45.7 Å². The molecule has 7 heteroatoms. The standard InChI is InChI=1S/C22H23ClN4OS/c23-17-1-2-18-19(12-17)24-13-21(25-18)26-7-3-15(4-8-26)11-22(28)27-9-5-20-16(14-27)6-10-29-20/h1-2,6,10,12-13,15H,3-5,7-9,11,14H2. The van der Waals surface area contributed by atoms with E-state index in [-0.39, 0.29) is 0 Å². The van der Waals surface area contributed by atoms with Gasteiger partial charge < -0.3 is 9.80 Å². The molecule has 0 unspecified atom stereocenters. The predicted octanol–water partition coefficient (Wildman–Crippen LogP) is 4.54. The first-order valence-electron chi connectivity index (χ1n) is 10.2. The van der Waals surface area contributed by atoms with Gasteiger partial charge in [-0.15, -0.1) is 11.3 Å². The van der Waals surface area contributed by atoms with Crippen LogP contribution in [0, 0.1) is 5.92 Å². The summed E-state index contributed by atoms with van der Waals surface area (Å²) in [5, 5.41) is 2.81. The van der Waals surface area contributed by atoms with Crippen LogP contribution < -0.4 is 4.90 Å². The lowest BCUT2D eigenvalue weighted by molar-refractivity contribution is -0.133. The molecule has 2 aliphatic rings. The van der Waals surface area contributed by atoms with Crippen LogP contribution in [0.2, 0.25) is 5.02 Å². The summed E-state index contributed by atoms with van der Waals surface area (Å²) in [6.45, 7) is 3.48. The number of thiophene rings is 1. The molecule has 5 rings (SSSR count). The third-order valence-corrected chi connectivity index (χ3v) is 7.31. The van der Waals surface area contributed by atoms with E-state index in [0.29, 0.717) is 23.3 Å². The molecule has 0 saturated carbocycles. The predicted molar refractivity (Wildman–Crippen MR) is 118 cm³/mol. The number of halogens is 1. The molecule has 4 heterocycles. The van der Waals surface area contributed by atoms with Crippen molar-refractivity contribution in [3.05, 3.63) is 51.3 Å². The second kappa shape index (κ2) is 7.92. The molecule has 0 radical (unpaired) electrons. The largest absolute Gasteiger partial charge is 0.355 e. The molecule has 0 bridgehead atoms. The van der Waals surface area contributed by atoms with Gasteiger partial charge in [0.05, 0.1) is 17.2 Å². The molecule has 1 fully saturated rings. The Labute approximate surface area is 179 Å². The average molecular weight is 427 g/mol. The molecule has 2 aromatic heterocycles. The number of carbonyl (C=O) groups is 1. The van der Waals surface area contributed by atoms with Crippen LogP contribution in [-0.4, -0.2) is 40.4 Å². The van der Waals surface area contributed by atoms with E-state index in [4.69, 9.17) is 16.6 Å². The van der Waals surface area contributed by atoms with E-state index >= 15 is 0 Å². The van der Waals surface area contributed by atoms with E-state index in [2.05, 4.69) is 21.3 Å². The van der Waals surface area contributed by atoms with Crippen molar-refractivity contribution in [1.82, 2.24) is 14.9 Å². The number of hydrogen-bond acceptors (Lipinski definition) is 5. The Morgan fingerprint density at radius 3 is 2.90 bits per heavy atom. The molecule has 0 atom stereocenters. The third-order valence-electron chi connectivity index (χ3n) is 6.05. The Morgan fingerprint density at radius 1 is 1.17 bits per heavy atom. The molecular weight excluding hydrogens is 404 g/mol. The number of amides is 1. The Kier molecular flexibility index (Phi) is 5.14. The zero-order valence-corrected chi connectivity index (χ0v) is 17.8. The van der Waals surface area contributed by atoms with Gasteiger partial charge in [-0.3, -0.25) is 9.78 Å². The summed E-state index contributed by atoms with van der Waals surface area (Å²) in [5.41, 5.74) is 3.01. The molecule has 1 aromatic carbocycles. The van der Waals surface area contributed by atoms with Gasteiger partial charge in [-0.2, -0.15) is 0 Å². The fraction of sp³-hybridized carbons (Fsp3) is 0.409. The first-order valence-corrected chi connectivity index (χ1v) is 11.4. The lowest BCUT2D eigenvalue weighted by Crippen LogP contribution is -2.39. The summed E-state index contributed by atoms with van der Waals surface area (Å²) in [7, 11) is 0. The average Bonchev–Trinajstić information content (AvgIpc) is 3.22. The smallest absolute Gasteiger partial charge is 0.223 e. The van der Waals surface area contributed by atoms with Crippen molar-refractivity contribution in [2.45, 2.75) is 32.2 Å². The van der Waals surface area contributed by atoms with Gasteiger partial charge in [-0.25, -0.2) is 4.98 Å². The summed E-state index contributed by atoms with van der Waals surface area (Å²) in [6.07, 6.45) is 5.53. The van der Waals surface area contributed by atoms with Crippen molar-refractivity contribution < 1.29 is 4.79 Å². The Bertz CT molecular complexity index is 1040. The molecule has 1 saturated heterocycles. The van der Waals surface area contributed by atoms with Crippen LogP contribution in [0.4, 0.5) is 5.82 Å². The van der Waals surface area contributed by atoms with Crippen LogP contribution in [-0.2, 0) is 17.8 Å². The van der Waals surface area contributed by atoms with E-state index in [9.17, 15) is 4.79 Å². The number of nitrogens with zero attached hydrogens (tertiary/aromatic N) is 4. The zero-order valence-electron chi connectivity index (χ0n) is 16.2. The Morgan fingerprint density at radius 2 is 2.03 bits per heavy atom. The maximum absolute atomic E-state index is 12.8. The number of rotatable bonds is 3. The third kappa shape index (κ3) is 3.96. The molecule has 29 heavy (non-hydrogen) atoms. The van der Waals surface area contributed by atoms with Gasteiger partial charge in [0, 0.05) is 42.5 Å². The number of carbonyl (C=O) groups excluding carboxylic acids is 1. The molecule has 1 amide bonds. The fourth-order valence-corrected chi connectivity index (χ4v) is 5.39. The van der Waals surface area contributed by atoms with E-state index in [1.54, 1.807) is 0 Å². The van der Waals surface area contributed by atoms with E-state index in [0.717, 1.165) is 62.3 Å². The highest BCUT2D eigenvalue weighted by atomic mass is 35.5. The summed E-state index contributed by atoms with van der Waals surface area (Å²) >= 11 is 7.84. The summed E-state index contributed by atoms with van der Waals surface area (Å²) < 4.78 is 0. The second-order valence-corrected chi connectivity index (χ2v) is 9.37. The number of anilines is 1. The van der Waals surface area contributed by atoms with Crippen molar-refractivity contribution in [2.75, 3.05) is 24.5 Å². The van der Waals surface area contributed by atoms with Gasteiger partial charge in [0.1, 0.15) is 5.82 Å². The van der Waals surface area contributed by atoms with Gasteiger partial charge in [0.15, 0.2) is 0 Å². The highest BCUT2D eigenvalue weighted by Gasteiger charge is 2.27. The maximum Gasteiger partial charge on any atom is 0.223 e. The molecule has 0 spiro atoms. The number of benzene rings is 1. The highest BCUT2D eigenvalue weighted by molar-refractivity contribution is 7.10. The van der Waals surface area contributed by atoms with Crippen LogP contribution in [0.15, 0.2) is 35.8 Å². The Hall–Kier alpha value is -2.18. The van der Waals surface area contributed by atoms with Crippen LogP contribution >= 0.6 is 22.9 Å². The van der Waals surface area contributed by atoms with Crippen molar-refractivity contribution in [1.29, 1.82) is 0 Å². The lowest BCUT2D eigenvalue weighted by atomic mass is 9.92. The molecule has 150 valence electrons. The lowest BCUT2D eigenvalue weighted by Gasteiger charge is -2.34. The van der Waals surface area contributed by atoms with Crippen molar-refractivity contribution in [2.24, 2.45) is 5.92 Å². The normalized spacial score (nSPS) is 17.6. The maximum atomic E-state index is 12.8. The molecule has 0 N–H and O–H groups in total. The Balaban J connectivity index is 1.18. The number of aromatic nitrogens is 2. The SMILES string of the molecule is O=C(CC1CCN(c2cnc3cc(Cl)ccc3n2)CC1)N1CCc2sccc2C1. The summed E-state index contributed by atoms with van der Waals surface area (Å²) in [5.74, 6) is 1.67. The topological polar surface area (TPSA) is 49.3 Å². The number of hydrogen-bond donors (Lipinski definition) is 0. The van der Waals surface area contributed by atoms with Gasteiger partial charge >= 0.3 is 0 Å². The zero-order chi connectivity index (χ0) is 19.8. The van der Waals surface area contributed by atoms with Crippen LogP contribution in [0.5, 0.6) is 0 Å².